The Labute approximate surface area is 99.5 Å². The first-order valence-electron chi connectivity index (χ1n) is 3.76. The van der Waals surface area contributed by atoms with Crippen molar-refractivity contribution in [3.8, 4) is 11.5 Å². The Morgan fingerprint density at radius 2 is 1.85 bits per heavy atom. The van der Waals surface area contributed by atoms with Gasteiger partial charge in [0.25, 0.3) is 0 Å². The van der Waals surface area contributed by atoms with Gasteiger partial charge in [0.2, 0.25) is 0 Å². The van der Waals surface area contributed by atoms with E-state index in [4.69, 9.17) is 9.47 Å². The van der Waals surface area contributed by atoms with Gasteiger partial charge in [0.15, 0.2) is 11.5 Å². The monoisotopic (exact) mass is 317 g/mol. The van der Waals surface area contributed by atoms with E-state index >= 15 is 0 Å². The van der Waals surface area contributed by atoms with Gasteiger partial charge in [-0.2, -0.15) is 0 Å². The highest BCUT2D eigenvalue weighted by Crippen LogP contribution is 2.28. The van der Waals surface area contributed by atoms with E-state index in [1.807, 2.05) is 12.1 Å². The van der Waals surface area contributed by atoms with Gasteiger partial charge in [-0.05, 0) is 18.2 Å². The summed E-state index contributed by atoms with van der Waals surface area (Å²) in [5, 5.41) is 0. The number of ether oxygens (including phenoxy) is 2. The molecule has 1 aromatic carbocycles. The van der Waals surface area contributed by atoms with E-state index in [0.717, 1.165) is 11.5 Å². The fourth-order valence-corrected chi connectivity index (χ4v) is 0.936. The van der Waals surface area contributed by atoms with Crippen molar-refractivity contribution in [2.75, 3.05) is 13.2 Å². The van der Waals surface area contributed by atoms with Crippen LogP contribution in [-0.4, -0.2) is 29.2 Å². The van der Waals surface area contributed by atoms with Crippen molar-refractivity contribution < 1.29 is 9.47 Å². The lowest BCUT2D eigenvalue weighted by Crippen LogP contribution is -2.14. The predicted octanol–water partition coefficient (Wildman–Crippen LogP) is 2.57. The molecule has 0 N–H and O–H groups in total. The van der Waals surface area contributed by atoms with Crippen molar-refractivity contribution in [1.82, 2.24) is 0 Å². The Kier molecular flexibility index (Phi) is 6.19. The molecule has 0 spiro atoms. The summed E-state index contributed by atoms with van der Waals surface area (Å²) in [4.78, 5) is 0. The van der Waals surface area contributed by atoms with E-state index in [-0.39, 0.29) is 16.0 Å². The SMILES string of the molecule is [Br][Mg][Br].[c]1ccc2c(c1)OCCO2. The van der Waals surface area contributed by atoms with Crippen LogP contribution in [0, 0.1) is 6.07 Å². The van der Waals surface area contributed by atoms with Crippen LogP contribution >= 0.6 is 25.8 Å². The molecule has 0 fully saturated rings. The molecular formula is C8H7Br2MgO2. The van der Waals surface area contributed by atoms with E-state index in [2.05, 4.69) is 31.8 Å². The molecule has 0 unspecified atom stereocenters. The Morgan fingerprint density at radius 3 is 2.46 bits per heavy atom. The van der Waals surface area contributed by atoms with Crippen LogP contribution in [0.1, 0.15) is 0 Å². The van der Waals surface area contributed by atoms with Gasteiger partial charge in [-0.15, -0.1) is 0 Å². The lowest BCUT2D eigenvalue weighted by molar-refractivity contribution is 0.171. The molecule has 67 valence electrons. The molecule has 0 aliphatic carbocycles. The van der Waals surface area contributed by atoms with E-state index in [1.54, 1.807) is 6.07 Å². The number of fused-ring (bicyclic) bond motifs is 1. The second-order valence-electron chi connectivity index (χ2n) is 2.17. The minimum absolute atomic E-state index is 0.0417. The van der Waals surface area contributed by atoms with Crippen LogP contribution in [0.15, 0.2) is 18.2 Å². The third kappa shape index (κ3) is 4.06. The van der Waals surface area contributed by atoms with Gasteiger partial charge < -0.3 is 9.47 Å². The summed E-state index contributed by atoms with van der Waals surface area (Å²) in [7, 11) is 0. The summed E-state index contributed by atoms with van der Waals surface area (Å²) in [6.45, 7) is 1.29. The lowest BCUT2D eigenvalue weighted by Gasteiger charge is -2.16. The molecule has 13 heavy (non-hydrogen) atoms. The van der Waals surface area contributed by atoms with Crippen molar-refractivity contribution in [3.05, 3.63) is 24.3 Å². The molecule has 1 aliphatic rings. The lowest BCUT2D eigenvalue weighted by atomic mass is 10.3. The molecule has 0 saturated carbocycles. The van der Waals surface area contributed by atoms with Crippen LogP contribution in [-0.2, 0) is 0 Å². The molecule has 1 radical (unpaired) electrons. The third-order valence-electron chi connectivity index (χ3n) is 1.39. The Balaban J connectivity index is 0.000000251. The van der Waals surface area contributed by atoms with E-state index < -0.39 is 0 Å². The zero-order chi connectivity index (χ0) is 9.52. The van der Waals surface area contributed by atoms with Gasteiger partial charge in [-0.1, -0.05) is 6.07 Å². The number of rotatable bonds is 0. The minimum atomic E-state index is 0.0417. The zero-order valence-corrected chi connectivity index (χ0v) is 11.5. The van der Waals surface area contributed by atoms with E-state index in [1.165, 1.54) is 0 Å². The summed E-state index contributed by atoms with van der Waals surface area (Å²) in [6, 6.07) is 8.37. The second kappa shape index (κ2) is 6.92. The van der Waals surface area contributed by atoms with Gasteiger partial charge in [0.1, 0.15) is 13.2 Å². The topological polar surface area (TPSA) is 18.5 Å². The molecule has 1 heterocycles. The van der Waals surface area contributed by atoms with Crippen LogP contribution in [0.4, 0.5) is 0 Å². The molecule has 0 saturated heterocycles. The summed E-state index contributed by atoms with van der Waals surface area (Å²) >= 11 is 6.44. The standard InChI is InChI=1S/C8H7O2.2BrH.Mg/c1-2-4-8-7(3-1)9-5-6-10-8;;;/h1,3-4H,5-6H2;2*1H;/q;;;+2/p-2. The molecule has 5 heteroatoms. The highest BCUT2D eigenvalue weighted by molar-refractivity contribution is 9.47. The third-order valence-corrected chi connectivity index (χ3v) is 1.39. The Morgan fingerprint density at radius 1 is 1.23 bits per heavy atom. The molecule has 0 atom stereocenters. The highest BCUT2D eigenvalue weighted by atomic mass is 79.9. The molecule has 0 bridgehead atoms. The summed E-state index contributed by atoms with van der Waals surface area (Å²) in [5.41, 5.74) is 0. The second-order valence-corrected chi connectivity index (χ2v) is 10.3. The number of benzene rings is 1. The van der Waals surface area contributed by atoms with Crippen LogP contribution in [0.5, 0.6) is 11.5 Å². The van der Waals surface area contributed by atoms with Crippen molar-refractivity contribution in [3.63, 3.8) is 0 Å². The van der Waals surface area contributed by atoms with Crippen LogP contribution in [0.2, 0.25) is 0 Å². The minimum Gasteiger partial charge on any atom is -0.486 e. The highest BCUT2D eigenvalue weighted by Gasteiger charge is 2.08. The quantitative estimate of drug-likeness (QED) is 0.684. The molecule has 1 aliphatic heterocycles. The van der Waals surface area contributed by atoms with Crippen molar-refractivity contribution in [2.45, 2.75) is 0 Å². The van der Waals surface area contributed by atoms with E-state index in [9.17, 15) is 0 Å². The largest absolute Gasteiger partial charge is 0.560 e. The van der Waals surface area contributed by atoms with Crippen molar-refractivity contribution in [1.29, 1.82) is 0 Å². The molecule has 2 rings (SSSR count). The van der Waals surface area contributed by atoms with Gasteiger partial charge >= 0.3 is 16.0 Å². The normalized spacial score (nSPS) is 12.2. The molecule has 2 nitrogen and oxygen atoms in total. The Hall–Kier alpha value is 0.546. The fraction of sp³-hybridized carbons (Fsp3) is 0.250. The maximum Gasteiger partial charge on any atom is 0.560 e. The number of hydrogen-bond acceptors (Lipinski definition) is 2. The van der Waals surface area contributed by atoms with E-state index in [0.29, 0.717) is 13.2 Å². The molecule has 1 aromatic rings. The fourth-order valence-electron chi connectivity index (χ4n) is 0.936. The van der Waals surface area contributed by atoms with Gasteiger partial charge in [-0.3, -0.25) is 25.8 Å². The van der Waals surface area contributed by atoms with Crippen LogP contribution in [0.3, 0.4) is 0 Å². The first-order valence-corrected chi connectivity index (χ1v) is 11.6. The van der Waals surface area contributed by atoms with Crippen LogP contribution in [0.25, 0.3) is 0 Å². The first-order chi connectivity index (χ1) is 6.38. The van der Waals surface area contributed by atoms with Crippen molar-refractivity contribution >= 4 is 41.8 Å². The Bertz CT molecular complexity index is 233. The molecule has 0 aromatic heterocycles. The summed E-state index contributed by atoms with van der Waals surface area (Å²) in [6.07, 6.45) is 0. The van der Waals surface area contributed by atoms with Gasteiger partial charge in [0, 0.05) is 0 Å². The summed E-state index contributed by atoms with van der Waals surface area (Å²) < 4.78 is 10.5. The zero-order valence-electron chi connectivity index (χ0n) is 6.93. The molecule has 0 amide bonds. The van der Waals surface area contributed by atoms with Crippen LogP contribution < -0.4 is 9.47 Å². The smallest absolute Gasteiger partial charge is 0.486 e. The van der Waals surface area contributed by atoms with Crippen molar-refractivity contribution in [2.24, 2.45) is 0 Å². The number of hydrogen-bond donors (Lipinski definition) is 0. The predicted molar refractivity (Wildman–Crippen MR) is 59.9 cm³/mol. The first kappa shape index (κ1) is 11.6. The van der Waals surface area contributed by atoms with Gasteiger partial charge in [0.05, 0.1) is 0 Å². The van der Waals surface area contributed by atoms with Gasteiger partial charge in [-0.25, -0.2) is 0 Å². The molecular weight excluding hydrogens is 312 g/mol. The number of halogens is 2. The maximum atomic E-state index is 5.28. The average molecular weight is 319 g/mol. The summed E-state index contributed by atoms with van der Waals surface area (Å²) in [5.74, 6) is 1.62. The maximum absolute atomic E-state index is 5.28. The average Bonchev–Trinajstić information content (AvgIpc) is 2.19.